The van der Waals surface area contributed by atoms with E-state index in [1.165, 1.54) is 0 Å². The molecule has 0 aliphatic carbocycles. The van der Waals surface area contributed by atoms with Gasteiger partial charge in [-0.05, 0) is 43.9 Å². The summed E-state index contributed by atoms with van der Waals surface area (Å²) in [5.74, 6) is 0.971. The molecule has 1 aromatic rings. The minimum absolute atomic E-state index is 0.971. The Kier molecular flexibility index (Phi) is 2.98. The van der Waals surface area contributed by atoms with Gasteiger partial charge in [-0.2, -0.15) is 0 Å². The highest BCUT2D eigenvalue weighted by Crippen LogP contribution is 2.18. The van der Waals surface area contributed by atoms with Gasteiger partial charge >= 0.3 is 0 Å². The highest BCUT2D eigenvalue weighted by atomic mass is 28.4. The maximum atomic E-state index is 5.81. The van der Waals surface area contributed by atoms with Crippen molar-refractivity contribution in [2.75, 3.05) is 12.4 Å². The molecule has 13 heavy (non-hydrogen) atoms. The molecular formula is C10H17NOSi. The minimum Gasteiger partial charge on any atom is -0.544 e. The molecule has 0 aliphatic rings. The quantitative estimate of drug-likeness (QED) is 0.749. The van der Waals surface area contributed by atoms with Crippen LogP contribution in [-0.4, -0.2) is 15.4 Å². The Balaban J connectivity index is 2.70. The van der Waals surface area contributed by atoms with E-state index in [0.717, 1.165) is 11.4 Å². The van der Waals surface area contributed by atoms with Gasteiger partial charge in [0.15, 0.2) is 0 Å². The summed E-state index contributed by atoms with van der Waals surface area (Å²) in [6.45, 7) is 6.54. The van der Waals surface area contributed by atoms with Crippen LogP contribution < -0.4 is 9.74 Å². The van der Waals surface area contributed by atoms with Crippen molar-refractivity contribution in [3.8, 4) is 5.75 Å². The molecule has 0 aromatic heterocycles. The molecule has 0 saturated heterocycles. The van der Waals surface area contributed by atoms with E-state index in [0.29, 0.717) is 0 Å². The van der Waals surface area contributed by atoms with E-state index >= 15 is 0 Å². The lowest BCUT2D eigenvalue weighted by molar-refractivity contribution is 0.558. The maximum Gasteiger partial charge on any atom is 0.242 e. The topological polar surface area (TPSA) is 21.3 Å². The molecule has 0 heterocycles. The normalized spacial score (nSPS) is 11.1. The van der Waals surface area contributed by atoms with Crippen LogP contribution >= 0.6 is 0 Å². The summed E-state index contributed by atoms with van der Waals surface area (Å²) < 4.78 is 5.81. The van der Waals surface area contributed by atoms with Gasteiger partial charge < -0.3 is 9.74 Å². The van der Waals surface area contributed by atoms with E-state index in [1.54, 1.807) is 0 Å². The molecule has 72 valence electrons. The summed E-state index contributed by atoms with van der Waals surface area (Å²) in [7, 11) is 0.465. The van der Waals surface area contributed by atoms with Gasteiger partial charge in [0.2, 0.25) is 8.32 Å². The zero-order valence-electron chi connectivity index (χ0n) is 8.72. The first-order valence-electron chi connectivity index (χ1n) is 4.48. The Hall–Kier alpha value is -0.963. The van der Waals surface area contributed by atoms with E-state index in [-0.39, 0.29) is 0 Å². The molecule has 0 spiro atoms. The number of hydrogen-bond donors (Lipinski definition) is 1. The lowest BCUT2D eigenvalue weighted by Crippen LogP contribution is -2.29. The number of anilines is 1. The van der Waals surface area contributed by atoms with Crippen LogP contribution in [0.25, 0.3) is 0 Å². The molecule has 0 radical (unpaired) electrons. The standard InChI is InChI=1S/C10H17NOSi/c1-11-9-5-7-10(8-6-9)12-13(2,3)4/h5-8,11H,1-4H3. The minimum atomic E-state index is -1.45. The first-order valence-corrected chi connectivity index (χ1v) is 7.89. The van der Waals surface area contributed by atoms with Gasteiger partial charge in [0.25, 0.3) is 0 Å². The molecule has 0 saturated carbocycles. The fourth-order valence-electron chi connectivity index (χ4n) is 1.04. The van der Waals surface area contributed by atoms with Crippen LogP contribution in [0.15, 0.2) is 24.3 Å². The Labute approximate surface area is 81.1 Å². The van der Waals surface area contributed by atoms with Crippen LogP contribution in [0.3, 0.4) is 0 Å². The number of nitrogens with one attached hydrogen (secondary N) is 1. The number of rotatable bonds is 3. The Morgan fingerprint density at radius 1 is 1.08 bits per heavy atom. The molecule has 0 unspecified atom stereocenters. The van der Waals surface area contributed by atoms with Crippen molar-refractivity contribution in [3.63, 3.8) is 0 Å². The summed E-state index contributed by atoms with van der Waals surface area (Å²) in [5.41, 5.74) is 1.11. The van der Waals surface area contributed by atoms with Gasteiger partial charge in [0.05, 0.1) is 0 Å². The van der Waals surface area contributed by atoms with Crippen LogP contribution in [0.4, 0.5) is 5.69 Å². The Morgan fingerprint density at radius 2 is 1.62 bits per heavy atom. The van der Waals surface area contributed by atoms with Gasteiger partial charge in [-0.15, -0.1) is 0 Å². The molecule has 0 atom stereocenters. The second kappa shape index (κ2) is 3.83. The summed E-state index contributed by atoms with van der Waals surface area (Å²) in [4.78, 5) is 0. The first-order chi connectivity index (χ1) is 6.01. The van der Waals surface area contributed by atoms with Crippen molar-refractivity contribution in [2.24, 2.45) is 0 Å². The zero-order valence-corrected chi connectivity index (χ0v) is 9.72. The summed E-state index contributed by atoms with van der Waals surface area (Å²) >= 11 is 0. The second-order valence-electron chi connectivity index (χ2n) is 3.99. The van der Waals surface area contributed by atoms with Gasteiger partial charge in [0, 0.05) is 12.7 Å². The summed E-state index contributed by atoms with van der Waals surface area (Å²) in [5, 5.41) is 3.07. The molecule has 0 bridgehead atoms. The Bertz CT molecular complexity index is 263. The van der Waals surface area contributed by atoms with Crippen molar-refractivity contribution in [1.82, 2.24) is 0 Å². The van der Waals surface area contributed by atoms with Crippen molar-refractivity contribution >= 4 is 14.0 Å². The molecule has 1 N–H and O–H groups in total. The highest BCUT2D eigenvalue weighted by molar-refractivity contribution is 6.70. The molecule has 3 heteroatoms. The third-order valence-electron chi connectivity index (χ3n) is 1.57. The van der Waals surface area contributed by atoms with Crippen LogP contribution in [0.2, 0.25) is 19.6 Å². The van der Waals surface area contributed by atoms with Crippen molar-refractivity contribution in [2.45, 2.75) is 19.6 Å². The van der Waals surface area contributed by atoms with E-state index in [1.807, 2.05) is 31.3 Å². The van der Waals surface area contributed by atoms with Gasteiger partial charge in [0.1, 0.15) is 5.75 Å². The third-order valence-corrected chi connectivity index (χ3v) is 2.42. The smallest absolute Gasteiger partial charge is 0.242 e. The average Bonchev–Trinajstić information content (AvgIpc) is 2.03. The summed E-state index contributed by atoms with van der Waals surface area (Å²) in [6.07, 6.45) is 0. The van der Waals surface area contributed by atoms with Crippen molar-refractivity contribution in [1.29, 1.82) is 0 Å². The van der Waals surface area contributed by atoms with Crippen LogP contribution in [0.5, 0.6) is 5.75 Å². The van der Waals surface area contributed by atoms with Crippen LogP contribution in [0, 0.1) is 0 Å². The zero-order chi connectivity index (χ0) is 9.90. The van der Waals surface area contributed by atoms with E-state index in [2.05, 4.69) is 25.0 Å². The molecule has 0 amide bonds. The predicted octanol–water partition coefficient (Wildman–Crippen LogP) is 2.94. The van der Waals surface area contributed by atoms with Crippen LogP contribution in [0.1, 0.15) is 0 Å². The average molecular weight is 195 g/mol. The van der Waals surface area contributed by atoms with Gasteiger partial charge in [-0.1, -0.05) is 0 Å². The van der Waals surface area contributed by atoms with E-state index in [4.69, 9.17) is 4.43 Å². The third kappa shape index (κ3) is 3.50. The number of benzene rings is 1. The Morgan fingerprint density at radius 3 is 2.00 bits per heavy atom. The molecule has 1 aromatic carbocycles. The van der Waals surface area contributed by atoms with Crippen molar-refractivity contribution in [3.05, 3.63) is 24.3 Å². The first kappa shape index (κ1) is 10.1. The molecular weight excluding hydrogens is 178 g/mol. The summed E-state index contributed by atoms with van der Waals surface area (Å²) in [6, 6.07) is 8.05. The van der Waals surface area contributed by atoms with Gasteiger partial charge in [-0.25, -0.2) is 0 Å². The lowest BCUT2D eigenvalue weighted by Gasteiger charge is -2.19. The molecule has 0 fully saturated rings. The van der Waals surface area contributed by atoms with Gasteiger partial charge in [-0.3, -0.25) is 0 Å². The predicted molar refractivity (Wildman–Crippen MR) is 60.0 cm³/mol. The van der Waals surface area contributed by atoms with Crippen molar-refractivity contribution < 1.29 is 4.43 Å². The molecule has 2 nitrogen and oxygen atoms in total. The highest BCUT2D eigenvalue weighted by Gasteiger charge is 2.15. The van der Waals surface area contributed by atoms with E-state index < -0.39 is 8.32 Å². The fourth-order valence-corrected chi connectivity index (χ4v) is 1.89. The molecule has 1 rings (SSSR count). The maximum absolute atomic E-state index is 5.81. The van der Waals surface area contributed by atoms with E-state index in [9.17, 15) is 0 Å². The largest absolute Gasteiger partial charge is 0.544 e. The fraction of sp³-hybridized carbons (Fsp3) is 0.400. The van der Waals surface area contributed by atoms with Crippen LogP contribution in [-0.2, 0) is 0 Å². The molecule has 0 aliphatic heterocycles. The lowest BCUT2D eigenvalue weighted by atomic mass is 10.3. The SMILES string of the molecule is CNc1ccc(O[Si](C)(C)C)cc1. The second-order valence-corrected chi connectivity index (χ2v) is 8.42. The number of hydrogen-bond acceptors (Lipinski definition) is 2. The monoisotopic (exact) mass is 195 g/mol.